The minimum absolute atomic E-state index is 0.244. The van der Waals surface area contributed by atoms with Crippen LogP contribution in [0.5, 0.6) is 11.5 Å². The Kier molecular flexibility index (Phi) is 6.83. The lowest BCUT2D eigenvalue weighted by Crippen LogP contribution is -2.41. The highest BCUT2D eigenvalue weighted by Gasteiger charge is 2.16. The van der Waals surface area contributed by atoms with Gasteiger partial charge in [0.05, 0.1) is 13.7 Å². The molecule has 0 saturated carbocycles. The summed E-state index contributed by atoms with van der Waals surface area (Å²) >= 11 is 0. The Bertz CT molecular complexity index is 420. The highest BCUT2D eigenvalue weighted by atomic mass is 16.7. The Morgan fingerprint density at radius 1 is 1.20 bits per heavy atom. The van der Waals surface area contributed by atoms with Gasteiger partial charge in [0, 0.05) is 20.3 Å². The summed E-state index contributed by atoms with van der Waals surface area (Å²) in [5, 5.41) is 2.69. The second-order valence-electron chi connectivity index (χ2n) is 4.09. The molecule has 6 nitrogen and oxygen atoms in total. The summed E-state index contributed by atoms with van der Waals surface area (Å²) in [6.45, 7) is 1.93. The molecule has 0 aliphatic heterocycles. The Hall–Kier alpha value is -1.79. The van der Waals surface area contributed by atoms with Crippen LogP contribution < -0.4 is 14.8 Å². The van der Waals surface area contributed by atoms with Gasteiger partial charge in [-0.2, -0.15) is 0 Å². The van der Waals surface area contributed by atoms with Gasteiger partial charge >= 0.3 is 0 Å². The molecule has 0 heterocycles. The molecule has 1 aromatic carbocycles. The van der Waals surface area contributed by atoms with Crippen molar-refractivity contribution in [2.75, 3.05) is 27.9 Å². The van der Waals surface area contributed by atoms with E-state index in [0.717, 1.165) is 0 Å². The molecular formula is C14H21NO5. The van der Waals surface area contributed by atoms with Crippen LogP contribution in [-0.2, 0) is 14.3 Å². The van der Waals surface area contributed by atoms with Crippen LogP contribution in [0.2, 0.25) is 0 Å². The smallest absolute Gasteiger partial charge is 0.260 e. The standard InChI is InChI=1S/C14H21NO5/c1-10(14(16)15-9-13(18-3)19-4)20-12-7-5-6-11(8-12)17-2/h5-8,10,13H,9H2,1-4H3,(H,15,16). The van der Waals surface area contributed by atoms with E-state index in [4.69, 9.17) is 18.9 Å². The van der Waals surface area contributed by atoms with Crippen molar-refractivity contribution in [3.8, 4) is 11.5 Å². The molecule has 1 N–H and O–H groups in total. The van der Waals surface area contributed by atoms with Gasteiger partial charge in [0.25, 0.3) is 5.91 Å². The van der Waals surface area contributed by atoms with Crippen molar-refractivity contribution in [3.63, 3.8) is 0 Å². The Labute approximate surface area is 119 Å². The maximum atomic E-state index is 11.9. The SMILES string of the molecule is COc1cccc(OC(C)C(=O)NCC(OC)OC)c1. The predicted molar refractivity (Wildman–Crippen MR) is 73.9 cm³/mol. The second-order valence-corrected chi connectivity index (χ2v) is 4.09. The van der Waals surface area contributed by atoms with Gasteiger partial charge in [0.15, 0.2) is 12.4 Å². The minimum Gasteiger partial charge on any atom is -0.497 e. The van der Waals surface area contributed by atoms with Crippen LogP contribution in [-0.4, -0.2) is 46.2 Å². The molecule has 1 atom stereocenters. The minimum atomic E-state index is -0.628. The van der Waals surface area contributed by atoms with E-state index in [1.54, 1.807) is 38.3 Å². The van der Waals surface area contributed by atoms with E-state index in [0.29, 0.717) is 11.5 Å². The number of benzene rings is 1. The topological polar surface area (TPSA) is 66.0 Å². The molecule has 0 aliphatic carbocycles. The van der Waals surface area contributed by atoms with Crippen LogP contribution in [0, 0.1) is 0 Å². The van der Waals surface area contributed by atoms with Gasteiger partial charge in [-0.15, -0.1) is 0 Å². The van der Waals surface area contributed by atoms with Crippen LogP contribution in [0.1, 0.15) is 6.92 Å². The molecule has 0 bridgehead atoms. The number of carbonyl (C=O) groups excluding carboxylic acids is 1. The van der Waals surface area contributed by atoms with Crippen molar-refractivity contribution < 1.29 is 23.7 Å². The maximum Gasteiger partial charge on any atom is 0.260 e. The van der Waals surface area contributed by atoms with Crippen LogP contribution >= 0.6 is 0 Å². The Morgan fingerprint density at radius 3 is 2.45 bits per heavy atom. The number of ether oxygens (including phenoxy) is 4. The summed E-state index contributed by atoms with van der Waals surface area (Å²) in [5.41, 5.74) is 0. The maximum absolute atomic E-state index is 11.9. The average molecular weight is 283 g/mol. The highest BCUT2D eigenvalue weighted by Crippen LogP contribution is 2.19. The average Bonchev–Trinajstić information content (AvgIpc) is 2.48. The first-order chi connectivity index (χ1) is 9.60. The quantitative estimate of drug-likeness (QED) is 0.726. The van der Waals surface area contributed by atoms with E-state index in [1.165, 1.54) is 14.2 Å². The normalized spacial score (nSPS) is 12.1. The number of nitrogens with one attached hydrogen (secondary N) is 1. The fourth-order valence-electron chi connectivity index (χ4n) is 1.52. The molecule has 20 heavy (non-hydrogen) atoms. The first-order valence-corrected chi connectivity index (χ1v) is 6.24. The molecule has 0 aliphatic rings. The number of amides is 1. The first kappa shape index (κ1) is 16.3. The summed E-state index contributed by atoms with van der Waals surface area (Å²) < 4.78 is 20.6. The highest BCUT2D eigenvalue weighted by molar-refractivity contribution is 5.80. The third kappa shape index (κ3) is 5.07. The summed E-state index contributed by atoms with van der Waals surface area (Å²) in [4.78, 5) is 11.9. The monoisotopic (exact) mass is 283 g/mol. The molecule has 0 spiro atoms. The van der Waals surface area contributed by atoms with E-state index in [1.807, 2.05) is 0 Å². The fourth-order valence-corrected chi connectivity index (χ4v) is 1.52. The van der Waals surface area contributed by atoms with Crippen LogP contribution in [0.15, 0.2) is 24.3 Å². The van der Waals surface area contributed by atoms with E-state index >= 15 is 0 Å². The first-order valence-electron chi connectivity index (χ1n) is 6.24. The summed E-state index contributed by atoms with van der Waals surface area (Å²) in [5.74, 6) is 1.00. The third-order valence-electron chi connectivity index (χ3n) is 2.69. The molecular weight excluding hydrogens is 262 g/mol. The molecule has 112 valence electrons. The number of rotatable bonds is 8. The second kappa shape index (κ2) is 8.39. The molecule has 1 unspecified atom stereocenters. The van der Waals surface area contributed by atoms with Crippen molar-refractivity contribution in [1.29, 1.82) is 0 Å². The lowest BCUT2D eigenvalue weighted by atomic mass is 10.3. The van der Waals surface area contributed by atoms with Crippen molar-refractivity contribution in [2.45, 2.75) is 19.3 Å². The van der Waals surface area contributed by atoms with E-state index in [2.05, 4.69) is 5.32 Å². The zero-order chi connectivity index (χ0) is 15.0. The van der Waals surface area contributed by atoms with Gasteiger partial charge in [0.1, 0.15) is 11.5 Å². The summed E-state index contributed by atoms with van der Waals surface area (Å²) in [6.07, 6.45) is -1.10. The van der Waals surface area contributed by atoms with Gasteiger partial charge in [-0.05, 0) is 19.1 Å². The van der Waals surface area contributed by atoms with Crippen molar-refractivity contribution >= 4 is 5.91 Å². The van der Waals surface area contributed by atoms with Gasteiger partial charge in [-0.25, -0.2) is 0 Å². The Morgan fingerprint density at radius 2 is 1.85 bits per heavy atom. The molecule has 1 aromatic rings. The number of hydrogen-bond donors (Lipinski definition) is 1. The van der Waals surface area contributed by atoms with E-state index in [9.17, 15) is 4.79 Å². The van der Waals surface area contributed by atoms with E-state index < -0.39 is 12.4 Å². The molecule has 0 aromatic heterocycles. The van der Waals surface area contributed by atoms with Crippen LogP contribution in [0.3, 0.4) is 0 Å². The van der Waals surface area contributed by atoms with Crippen LogP contribution in [0.4, 0.5) is 0 Å². The number of methoxy groups -OCH3 is 3. The van der Waals surface area contributed by atoms with Gasteiger partial charge in [-0.1, -0.05) is 6.07 Å². The molecule has 1 amide bonds. The van der Waals surface area contributed by atoms with Gasteiger partial charge < -0.3 is 24.3 Å². The van der Waals surface area contributed by atoms with Gasteiger partial charge in [0.2, 0.25) is 0 Å². The largest absolute Gasteiger partial charge is 0.497 e. The molecule has 0 fully saturated rings. The molecule has 0 radical (unpaired) electrons. The van der Waals surface area contributed by atoms with E-state index in [-0.39, 0.29) is 12.5 Å². The summed E-state index contributed by atoms with van der Waals surface area (Å²) in [6, 6.07) is 7.08. The van der Waals surface area contributed by atoms with Crippen molar-refractivity contribution in [1.82, 2.24) is 5.32 Å². The number of hydrogen-bond acceptors (Lipinski definition) is 5. The zero-order valence-electron chi connectivity index (χ0n) is 12.2. The molecule has 6 heteroatoms. The van der Waals surface area contributed by atoms with Crippen molar-refractivity contribution in [2.24, 2.45) is 0 Å². The zero-order valence-corrected chi connectivity index (χ0v) is 12.2. The third-order valence-corrected chi connectivity index (χ3v) is 2.69. The predicted octanol–water partition coefficient (Wildman–Crippen LogP) is 1.20. The lowest BCUT2D eigenvalue weighted by Gasteiger charge is -2.18. The summed E-state index contributed by atoms with van der Waals surface area (Å²) in [7, 11) is 4.60. The fraction of sp³-hybridized carbons (Fsp3) is 0.500. The Balaban J connectivity index is 2.48. The van der Waals surface area contributed by atoms with Crippen LogP contribution in [0.25, 0.3) is 0 Å². The lowest BCUT2D eigenvalue weighted by molar-refractivity contribution is -0.132. The van der Waals surface area contributed by atoms with Crippen molar-refractivity contribution in [3.05, 3.63) is 24.3 Å². The molecule has 0 saturated heterocycles. The number of carbonyl (C=O) groups is 1. The van der Waals surface area contributed by atoms with Gasteiger partial charge in [-0.3, -0.25) is 4.79 Å². The molecule has 1 rings (SSSR count).